The number of phenolic OH excluding ortho intramolecular Hbond substituents is 2. The third-order valence-electron chi connectivity index (χ3n) is 4.67. The van der Waals surface area contributed by atoms with Crippen molar-refractivity contribution in [3.8, 4) is 33.8 Å². The highest BCUT2D eigenvalue weighted by Crippen LogP contribution is 2.38. The number of hydrogen-bond acceptors (Lipinski definition) is 4. The van der Waals surface area contributed by atoms with E-state index in [0.717, 1.165) is 0 Å². The number of rotatable bonds is 4. The van der Waals surface area contributed by atoms with Crippen LogP contribution in [-0.4, -0.2) is 18.6 Å². The van der Waals surface area contributed by atoms with Gasteiger partial charge in [0.1, 0.15) is 11.5 Å². The summed E-state index contributed by atoms with van der Waals surface area (Å²) in [6, 6.07) is 26.6. The topological polar surface area (TPSA) is 74.6 Å². The molecule has 5 heteroatoms. The average molecular weight is 402 g/mol. The zero-order valence-corrected chi connectivity index (χ0v) is 16.2. The highest BCUT2D eigenvalue weighted by atomic mass is 32.2. The van der Waals surface area contributed by atoms with Gasteiger partial charge in [0.25, 0.3) is 0 Å². The Labute approximate surface area is 169 Å². The predicted octanol–water partition coefficient (Wildman–Crippen LogP) is 5.26. The fourth-order valence-electron chi connectivity index (χ4n) is 3.31. The highest BCUT2D eigenvalue weighted by Gasteiger charge is 2.26. The van der Waals surface area contributed by atoms with Crippen LogP contribution in [0.3, 0.4) is 0 Å². The van der Waals surface area contributed by atoms with Gasteiger partial charge in [-0.15, -0.1) is 0 Å². The first-order valence-electron chi connectivity index (χ1n) is 8.99. The van der Waals surface area contributed by atoms with Crippen molar-refractivity contribution in [3.05, 3.63) is 97.1 Å². The Balaban J connectivity index is 1.97. The van der Waals surface area contributed by atoms with E-state index in [1.165, 1.54) is 36.4 Å². The van der Waals surface area contributed by atoms with Crippen molar-refractivity contribution in [2.45, 2.75) is 9.79 Å². The summed E-state index contributed by atoms with van der Waals surface area (Å²) in [5, 5.41) is 20.0. The summed E-state index contributed by atoms with van der Waals surface area (Å²) in [4.78, 5) is 0.175. The van der Waals surface area contributed by atoms with Gasteiger partial charge in [0, 0.05) is 11.1 Å². The van der Waals surface area contributed by atoms with E-state index >= 15 is 0 Å². The Morgan fingerprint density at radius 1 is 0.517 bits per heavy atom. The third-order valence-corrected chi connectivity index (χ3v) is 6.54. The van der Waals surface area contributed by atoms with Crippen molar-refractivity contribution in [1.82, 2.24) is 0 Å². The average Bonchev–Trinajstić information content (AvgIpc) is 2.74. The van der Waals surface area contributed by atoms with Crippen molar-refractivity contribution >= 4 is 9.84 Å². The Hall–Kier alpha value is -3.57. The Kier molecular flexibility index (Phi) is 4.82. The van der Waals surface area contributed by atoms with Gasteiger partial charge in [0.2, 0.25) is 9.84 Å². The van der Waals surface area contributed by atoms with E-state index < -0.39 is 9.84 Å². The lowest BCUT2D eigenvalue weighted by molar-refractivity contribution is 0.474. The molecule has 4 rings (SSSR count). The fraction of sp³-hybridized carbons (Fsp3) is 0. The number of aromatic hydroxyl groups is 2. The van der Waals surface area contributed by atoms with E-state index in [9.17, 15) is 18.6 Å². The van der Waals surface area contributed by atoms with E-state index in [0.29, 0.717) is 22.3 Å². The molecule has 144 valence electrons. The molecule has 0 aliphatic heterocycles. The Morgan fingerprint density at radius 3 is 1.28 bits per heavy atom. The Bertz CT molecular complexity index is 1170. The molecule has 4 nitrogen and oxygen atoms in total. The molecule has 0 aromatic heterocycles. The second-order valence-electron chi connectivity index (χ2n) is 6.60. The predicted molar refractivity (Wildman–Crippen MR) is 113 cm³/mol. The van der Waals surface area contributed by atoms with Gasteiger partial charge in [0.15, 0.2) is 0 Å². The SMILES string of the molecule is O=S(=O)(c1ccc(O)cc1-c1ccccc1)c1ccc(O)cc1-c1ccccc1. The van der Waals surface area contributed by atoms with Gasteiger partial charge in [0.05, 0.1) is 9.79 Å². The molecular formula is C24H18O4S. The van der Waals surface area contributed by atoms with Crippen LogP contribution in [-0.2, 0) is 9.84 Å². The van der Waals surface area contributed by atoms with Crippen molar-refractivity contribution in [1.29, 1.82) is 0 Å². The van der Waals surface area contributed by atoms with Crippen LogP contribution in [0.25, 0.3) is 22.3 Å². The smallest absolute Gasteiger partial charge is 0.207 e. The van der Waals surface area contributed by atoms with Crippen LogP contribution in [0.15, 0.2) is 107 Å². The maximum atomic E-state index is 13.7. The minimum absolute atomic E-state index is 0.0169. The molecule has 0 saturated carbocycles. The monoisotopic (exact) mass is 402 g/mol. The van der Waals surface area contributed by atoms with Crippen LogP contribution in [0.1, 0.15) is 0 Å². The van der Waals surface area contributed by atoms with Gasteiger partial charge in [-0.05, 0) is 47.5 Å². The molecule has 29 heavy (non-hydrogen) atoms. The molecule has 0 bridgehead atoms. The fourth-order valence-corrected chi connectivity index (χ4v) is 4.97. The van der Waals surface area contributed by atoms with Gasteiger partial charge < -0.3 is 10.2 Å². The molecule has 0 fully saturated rings. The van der Waals surface area contributed by atoms with E-state index in [1.807, 2.05) is 36.4 Å². The highest BCUT2D eigenvalue weighted by molar-refractivity contribution is 7.91. The maximum Gasteiger partial charge on any atom is 0.207 e. The molecule has 0 aliphatic rings. The molecule has 0 unspecified atom stereocenters. The summed E-state index contributed by atoms with van der Waals surface area (Å²) < 4.78 is 27.4. The normalized spacial score (nSPS) is 11.3. The molecular weight excluding hydrogens is 384 g/mol. The molecule has 0 aliphatic carbocycles. The number of hydrogen-bond donors (Lipinski definition) is 2. The number of benzene rings is 4. The van der Waals surface area contributed by atoms with Crippen LogP contribution in [0, 0.1) is 0 Å². The van der Waals surface area contributed by atoms with Crippen LogP contribution >= 0.6 is 0 Å². The van der Waals surface area contributed by atoms with Gasteiger partial charge in [-0.2, -0.15) is 0 Å². The van der Waals surface area contributed by atoms with Crippen molar-refractivity contribution in [3.63, 3.8) is 0 Å². The summed E-state index contributed by atoms with van der Waals surface area (Å²) in [7, 11) is -3.95. The second-order valence-corrected chi connectivity index (χ2v) is 8.48. The van der Waals surface area contributed by atoms with E-state index in [4.69, 9.17) is 0 Å². The lowest BCUT2D eigenvalue weighted by Gasteiger charge is -2.15. The van der Waals surface area contributed by atoms with E-state index in [-0.39, 0.29) is 21.3 Å². The van der Waals surface area contributed by atoms with Gasteiger partial charge >= 0.3 is 0 Å². The summed E-state index contributed by atoms with van der Waals surface area (Å²) in [5.74, 6) is -0.0337. The van der Waals surface area contributed by atoms with Gasteiger partial charge in [-0.1, -0.05) is 60.7 Å². The lowest BCUT2D eigenvalue weighted by atomic mass is 10.1. The molecule has 0 spiro atoms. The van der Waals surface area contributed by atoms with E-state index in [2.05, 4.69) is 0 Å². The number of phenols is 2. The number of sulfone groups is 1. The van der Waals surface area contributed by atoms with Crippen LogP contribution in [0.2, 0.25) is 0 Å². The quantitative estimate of drug-likeness (QED) is 0.488. The van der Waals surface area contributed by atoms with Crippen LogP contribution in [0.4, 0.5) is 0 Å². The summed E-state index contributed by atoms with van der Waals surface area (Å²) in [6.45, 7) is 0. The zero-order valence-electron chi connectivity index (χ0n) is 15.4. The summed E-state index contributed by atoms with van der Waals surface area (Å²) in [6.07, 6.45) is 0. The second kappa shape index (κ2) is 7.45. The standard InChI is InChI=1S/C24H18O4S/c25-19-11-13-23(21(15-19)17-7-3-1-4-8-17)29(27,28)24-14-12-20(26)16-22(24)18-9-5-2-6-10-18/h1-16,25-26H. The molecule has 2 N–H and O–H groups in total. The molecule has 0 amide bonds. The van der Waals surface area contributed by atoms with E-state index in [1.54, 1.807) is 24.3 Å². The maximum absolute atomic E-state index is 13.7. The molecule has 4 aromatic rings. The van der Waals surface area contributed by atoms with Crippen molar-refractivity contribution < 1.29 is 18.6 Å². The lowest BCUT2D eigenvalue weighted by Crippen LogP contribution is -2.06. The Morgan fingerprint density at radius 2 is 0.897 bits per heavy atom. The molecule has 0 saturated heterocycles. The summed E-state index contributed by atoms with van der Waals surface area (Å²) in [5.41, 5.74) is 2.19. The molecule has 0 atom stereocenters. The molecule has 4 aromatic carbocycles. The zero-order chi connectivity index (χ0) is 20.4. The van der Waals surface area contributed by atoms with Crippen molar-refractivity contribution in [2.24, 2.45) is 0 Å². The largest absolute Gasteiger partial charge is 0.508 e. The third kappa shape index (κ3) is 3.60. The van der Waals surface area contributed by atoms with Crippen LogP contribution in [0.5, 0.6) is 11.5 Å². The first kappa shape index (κ1) is 18.8. The first-order valence-corrected chi connectivity index (χ1v) is 10.5. The first-order chi connectivity index (χ1) is 14.0. The molecule has 0 heterocycles. The summed E-state index contributed by atoms with van der Waals surface area (Å²) >= 11 is 0. The van der Waals surface area contributed by atoms with Gasteiger partial charge in [-0.3, -0.25) is 0 Å². The minimum Gasteiger partial charge on any atom is -0.508 e. The molecule has 0 radical (unpaired) electrons. The van der Waals surface area contributed by atoms with Crippen LogP contribution < -0.4 is 0 Å². The van der Waals surface area contributed by atoms with Crippen molar-refractivity contribution in [2.75, 3.05) is 0 Å². The van der Waals surface area contributed by atoms with Gasteiger partial charge in [-0.25, -0.2) is 8.42 Å². The minimum atomic E-state index is -3.95.